The van der Waals surface area contributed by atoms with E-state index in [0.29, 0.717) is 10.1 Å². The molecule has 1 heterocycles. The minimum atomic E-state index is -0.596. The summed E-state index contributed by atoms with van der Waals surface area (Å²) < 4.78 is 5.16. The molecule has 0 radical (unpaired) electrons. The van der Waals surface area contributed by atoms with Crippen molar-refractivity contribution in [2.45, 2.75) is 45.6 Å². The molecular weight excluding hydrogens is 376 g/mol. The fourth-order valence-electron chi connectivity index (χ4n) is 3.30. The summed E-state index contributed by atoms with van der Waals surface area (Å²) in [6.45, 7) is 3.84. The highest BCUT2D eigenvalue weighted by Gasteiger charge is 2.29. The number of hydrogen-bond donors (Lipinski definition) is 2. The van der Waals surface area contributed by atoms with E-state index in [1.807, 2.05) is 38.1 Å². The summed E-state index contributed by atoms with van der Waals surface area (Å²) >= 11 is 1.29. The van der Waals surface area contributed by atoms with Crippen molar-refractivity contribution in [3.05, 3.63) is 24.3 Å². The minimum Gasteiger partial charge on any atom is -0.497 e. The number of rotatable bonds is 7. The molecule has 0 spiro atoms. The molecule has 150 valence electrons. The van der Waals surface area contributed by atoms with E-state index in [2.05, 4.69) is 20.8 Å². The van der Waals surface area contributed by atoms with E-state index in [9.17, 15) is 9.59 Å². The molecule has 1 aliphatic carbocycles. The molecular formula is C20H26N4O3S. The van der Waals surface area contributed by atoms with Gasteiger partial charge in [-0.15, -0.1) is 10.2 Å². The van der Waals surface area contributed by atoms with E-state index >= 15 is 0 Å². The maximum absolute atomic E-state index is 12.7. The SMILES string of the molecule is COc1ccc(-c2nnc(NC(=O)[C@H](NC(=O)C3CCCC3)C(C)C)s2)cc1. The summed E-state index contributed by atoms with van der Waals surface area (Å²) in [4.78, 5) is 25.2. The highest BCUT2D eigenvalue weighted by Crippen LogP contribution is 2.28. The van der Waals surface area contributed by atoms with Gasteiger partial charge in [-0.25, -0.2) is 0 Å². The highest BCUT2D eigenvalue weighted by atomic mass is 32.1. The largest absolute Gasteiger partial charge is 0.497 e. The monoisotopic (exact) mass is 402 g/mol. The van der Waals surface area contributed by atoms with Gasteiger partial charge in [0.05, 0.1) is 7.11 Å². The van der Waals surface area contributed by atoms with Crippen LogP contribution in [0.1, 0.15) is 39.5 Å². The summed E-state index contributed by atoms with van der Waals surface area (Å²) in [5.41, 5.74) is 0.897. The number of carbonyl (C=O) groups excluding carboxylic acids is 2. The zero-order chi connectivity index (χ0) is 20.1. The number of benzene rings is 1. The van der Waals surface area contributed by atoms with E-state index in [4.69, 9.17) is 4.74 Å². The van der Waals surface area contributed by atoms with Gasteiger partial charge >= 0.3 is 0 Å². The van der Waals surface area contributed by atoms with Crippen molar-refractivity contribution in [1.82, 2.24) is 15.5 Å². The second kappa shape index (κ2) is 9.14. The molecule has 3 rings (SSSR count). The van der Waals surface area contributed by atoms with Crippen LogP contribution in [-0.4, -0.2) is 35.2 Å². The van der Waals surface area contributed by atoms with Gasteiger partial charge in [-0.2, -0.15) is 0 Å². The fraction of sp³-hybridized carbons (Fsp3) is 0.500. The Morgan fingerprint density at radius 3 is 2.43 bits per heavy atom. The molecule has 0 unspecified atom stereocenters. The van der Waals surface area contributed by atoms with Crippen LogP contribution in [-0.2, 0) is 9.59 Å². The minimum absolute atomic E-state index is 0.0252. The molecule has 7 nitrogen and oxygen atoms in total. The molecule has 1 aliphatic rings. The van der Waals surface area contributed by atoms with Crippen LogP contribution in [0.4, 0.5) is 5.13 Å². The molecule has 2 amide bonds. The van der Waals surface area contributed by atoms with E-state index < -0.39 is 6.04 Å². The lowest BCUT2D eigenvalue weighted by molar-refractivity contribution is -0.130. The number of ether oxygens (including phenoxy) is 1. The molecule has 28 heavy (non-hydrogen) atoms. The van der Waals surface area contributed by atoms with Gasteiger partial charge in [0.1, 0.15) is 16.8 Å². The summed E-state index contributed by atoms with van der Waals surface area (Å²) in [6, 6.07) is 6.89. The summed E-state index contributed by atoms with van der Waals surface area (Å²) in [5.74, 6) is 0.470. The van der Waals surface area contributed by atoms with E-state index in [-0.39, 0.29) is 23.7 Å². The van der Waals surface area contributed by atoms with Gasteiger partial charge in [0.25, 0.3) is 0 Å². The molecule has 1 saturated carbocycles. The van der Waals surface area contributed by atoms with Crippen molar-refractivity contribution in [2.24, 2.45) is 11.8 Å². The number of aromatic nitrogens is 2. The van der Waals surface area contributed by atoms with Gasteiger partial charge in [0.2, 0.25) is 16.9 Å². The second-order valence-corrected chi connectivity index (χ2v) is 8.32. The maximum atomic E-state index is 12.7. The third kappa shape index (κ3) is 4.86. The summed E-state index contributed by atoms with van der Waals surface area (Å²) in [7, 11) is 1.62. The Morgan fingerprint density at radius 1 is 1.14 bits per heavy atom. The lowest BCUT2D eigenvalue weighted by atomic mass is 10.0. The first-order valence-corrected chi connectivity index (χ1v) is 10.4. The standard InChI is InChI=1S/C20H26N4O3S/c1-12(2)16(21-17(25)13-6-4-5-7-13)18(26)22-20-24-23-19(28-20)14-8-10-15(27-3)11-9-14/h8-13,16H,4-7H2,1-3H3,(H,21,25)(H,22,24,26)/t16-/m1/s1. The fourth-order valence-corrected chi connectivity index (χ4v) is 4.05. The molecule has 0 bridgehead atoms. The lowest BCUT2D eigenvalue weighted by Crippen LogP contribution is -2.48. The van der Waals surface area contributed by atoms with Crippen molar-refractivity contribution in [3.8, 4) is 16.3 Å². The zero-order valence-corrected chi connectivity index (χ0v) is 17.2. The lowest BCUT2D eigenvalue weighted by Gasteiger charge is -2.22. The number of amides is 2. The van der Waals surface area contributed by atoms with Gasteiger partial charge in [0, 0.05) is 11.5 Å². The first-order chi connectivity index (χ1) is 13.5. The van der Waals surface area contributed by atoms with Gasteiger partial charge in [-0.05, 0) is 43.0 Å². The first kappa shape index (κ1) is 20.3. The molecule has 1 aromatic heterocycles. The Labute approximate surface area is 168 Å². The number of carbonyl (C=O) groups is 2. The maximum Gasteiger partial charge on any atom is 0.249 e. The van der Waals surface area contributed by atoms with Crippen molar-refractivity contribution in [1.29, 1.82) is 0 Å². The van der Waals surface area contributed by atoms with Crippen molar-refractivity contribution >= 4 is 28.3 Å². The van der Waals surface area contributed by atoms with Crippen molar-refractivity contribution < 1.29 is 14.3 Å². The van der Waals surface area contributed by atoms with Crippen LogP contribution in [0, 0.1) is 11.8 Å². The molecule has 8 heteroatoms. The summed E-state index contributed by atoms with van der Waals surface area (Å²) in [5, 5.41) is 15.1. The number of nitrogens with one attached hydrogen (secondary N) is 2. The molecule has 1 fully saturated rings. The molecule has 1 atom stereocenters. The van der Waals surface area contributed by atoms with Crippen LogP contribution in [0.5, 0.6) is 5.75 Å². The molecule has 1 aromatic carbocycles. The van der Waals surface area contributed by atoms with Gasteiger partial charge in [-0.3, -0.25) is 14.9 Å². The van der Waals surface area contributed by atoms with Gasteiger partial charge < -0.3 is 10.1 Å². The van der Waals surface area contributed by atoms with Crippen molar-refractivity contribution in [2.75, 3.05) is 12.4 Å². The molecule has 0 aliphatic heterocycles. The first-order valence-electron chi connectivity index (χ1n) is 9.57. The Hall–Kier alpha value is -2.48. The predicted octanol–water partition coefficient (Wildman–Crippen LogP) is 3.48. The van der Waals surface area contributed by atoms with Gasteiger partial charge in [0.15, 0.2) is 0 Å². The third-order valence-corrected chi connectivity index (χ3v) is 5.85. The average Bonchev–Trinajstić information content (AvgIpc) is 3.38. The highest BCUT2D eigenvalue weighted by molar-refractivity contribution is 7.18. The summed E-state index contributed by atoms with van der Waals surface area (Å²) in [6.07, 6.45) is 3.96. The molecule has 2 N–H and O–H groups in total. The third-order valence-electron chi connectivity index (χ3n) is 4.96. The predicted molar refractivity (Wildman–Crippen MR) is 109 cm³/mol. The Kier molecular flexibility index (Phi) is 6.61. The number of anilines is 1. The van der Waals surface area contributed by atoms with Gasteiger partial charge in [-0.1, -0.05) is 38.0 Å². The van der Waals surface area contributed by atoms with Crippen LogP contribution in [0.15, 0.2) is 24.3 Å². The van der Waals surface area contributed by atoms with E-state index in [1.54, 1.807) is 7.11 Å². The van der Waals surface area contributed by atoms with Crippen LogP contribution in [0.25, 0.3) is 10.6 Å². The van der Waals surface area contributed by atoms with Crippen LogP contribution in [0.2, 0.25) is 0 Å². The second-order valence-electron chi connectivity index (χ2n) is 7.34. The van der Waals surface area contributed by atoms with Crippen molar-refractivity contribution in [3.63, 3.8) is 0 Å². The molecule has 0 saturated heterocycles. The molecule has 2 aromatic rings. The number of nitrogens with zero attached hydrogens (tertiary/aromatic N) is 2. The average molecular weight is 403 g/mol. The number of hydrogen-bond acceptors (Lipinski definition) is 6. The van der Waals surface area contributed by atoms with Crippen LogP contribution < -0.4 is 15.4 Å². The smallest absolute Gasteiger partial charge is 0.249 e. The Morgan fingerprint density at radius 2 is 1.82 bits per heavy atom. The van der Waals surface area contributed by atoms with Crippen LogP contribution in [0.3, 0.4) is 0 Å². The Bertz CT molecular complexity index is 813. The number of methoxy groups -OCH3 is 1. The van der Waals surface area contributed by atoms with Crippen LogP contribution >= 0.6 is 11.3 Å². The Balaban J connectivity index is 1.64. The normalized spacial score (nSPS) is 15.4. The zero-order valence-electron chi connectivity index (χ0n) is 16.4. The van der Waals surface area contributed by atoms with E-state index in [1.165, 1.54) is 11.3 Å². The quantitative estimate of drug-likeness (QED) is 0.739. The van der Waals surface area contributed by atoms with E-state index in [0.717, 1.165) is 37.0 Å². The topological polar surface area (TPSA) is 93.2 Å².